The van der Waals surface area contributed by atoms with E-state index in [1.54, 1.807) is 18.2 Å². The minimum atomic E-state index is -0.539. The number of nitrogens with one attached hydrogen (secondary N) is 1. The third-order valence-corrected chi connectivity index (χ3v) is 8.01. The minimum Gasteiger partial charge on any atom is -0.309 e. The monoisotopic (exact) mass is 681 g/mol. The fourth-order valence-corrected chi connectivity index (χ4v) is 5.81. The third-order valence-electron chi connectivity index (χ3n) is 6.70. The van der Waals surface area contributed by atoms with Gasteiger partial charge in [0.2, 0.25) is 0 Å². The highest BCUT2D eigenvalue weighted by Crippen LogP contribution is 2.38. The standard InChI is InChI=1S/C33H21Br2N3O2S/c34-24-14-16-26(17-15-24)37-29(21-8-3-1-4-9-21)19-23(30(37)22-10-5-2-6-11-22)18-28-31(39)36-33(41)38(32(28)40)27-13-7-12-25(35)20-27/h1-20H,(H,36,39,41)/b28-18-. The second kappa shape index (κ2) is 11.4. The van der Waals surface area contributed by atoms with Gasteiger partial charge in [0.1, 0.15) is 5.57 Å². The van der Waals surface area contributed by atoms with Crippen molar-refractivity contribution in [3.8, 4) is 28.2 Å². The Morgan fingerprint density at radius 2 is 1.34 bits per heavy atom. The molecule has 41 heavy (non-hydrogen) atoms. The van der Waals surface area contributed by atoms with Crippen LogP contribution in [0.2, 0.25) is 0 Å². The molecule has 6 rings (SSSR count). The molecular weight excluding hydrogens is 662 g/mol. The van der Waals surface area contributed by atoms with Crippen LogP contribution in [0.1, 0.15) is 5.56 Å². The summed E-state index contributed by atoms with van der Waals surface area (Å²) >= 11 is 12.4. The smallest absolute Gasteiger partial charge is 0.270 e. The summed E-state index contributed by atoms with van der Waals surface area (Å²) in [7, 11) is 0. The van der Waals surface area contributed by atoms with Gasteiger partial charge in [-0.15, -0.1) is 0 Å². The quantitative estimate of drug-likeness (QED) is 0.116. The molecule has 0 radical (unpaired) electrons. The number of anilines is 1. The van der Waals surface area contributed by atoms with Crippen LogP contribution in [0.25, 0.3) is 34.3 Å². The minimum absolute atomic E-state index is 0.0108. The number of benzene rings is 4. The predicted molar refractivity (Wildman–Crippen MR) is 175 cm³/mol. The van der Waals surface area contributed by atoms with E-state index in [4.69, 9.17) is 12.2 Å². The number of carbonyl (C=O) groups is 2. The zero-order valence-corrected chi connectivity index (χ0v) is 25.4. The number of aromatic nitrogens is 1. The van der Waals surface area contributed by atoms with Crippen LogP contribution in [0, 0.1) is 0 Å². The lowest BCUT2D eigenvalue weighted by Gasteiger charge is -2.29. The zero-order valence-electron chi connectivity index (χ0n) is 21.4. The van der Waals surface area contributed by atoms with E-state index in [0.717, 1.165) is 42.7 Å². The van der Waals surface area contributed by atoms with Gasteiger partial charge in [-0.3, -0.25) is 19.8 Å². The summed E-state index contributed by atoms with van der Waals surface area (Å²) in [6, 6.07) is 37.3. The van der Waals surface area contributed by atoms with Crippen molar-refractivity contribution in [1.82, 2.24) is 9.88 Å². The van der Waals surface area contributed by atoms with E-state index in [1.165, 1.54) is 4.90 Å². The van der Waals surface area contributed by atoms with E-state index in [1.807, 2.05) is 103 Å². The summed E-state index contributed by atoms with van der Waals surface area (Å²) in [6.07, 6.45) is 1.66. The molecule has 1 saturated heterocycles. The van der Waals surface area contributed by atoms with Crippen molar-refractivity contribution in [2.45, 2.75) is 0 Å². The molecule has 5 nitrogen and oxygen atoms in total. The van der Waals surface area contributed by atoms with Gasteiger partial charge in [-0.2, -0.15) is 0 Å². The van der Waals surface area contributed by atoms with Crippen molar-refractivity contribution in [2.75, 3.05) is 4.90 Å². The Kier molecular flexibility index (Phi) is 7.53. The van der Waals surface area contributed by atoms with Gasteiger partial charge in [-0.25, -0.2) is 0 Å². The summed E-state index contributed by atoms with van der Waals surface area (Å²) in [5, 5.41) is 2.74. The summed E-state index contributed by atoms with van der Waals surface area (Å²) in [4.78, 5) is 28.5. The number of amides is 2. The first-order valence-corrected chi connectivity index (χ1v) is 14.7. The van der Waals surface area contributed by atoms with Gasteiger partial charge in [0.15, 0.2) is 5.11 Å². The topological polar surface area (TPSA) is 54.3 Å². The normalized spacial score (nSPS) is 14.4. The van der Waals surface area contributed by atoms with Crippen LogP contribution in [0.4, 0.5) is 5.69 Å². The molecule has 8 heteroatoms. The Bertz CT molecular complexity index is 1830. The van der Waals surface area contributed by atoms with Crippen LogP contribution in [0.3, 0.4) is 0 Å². The maximum absolute atomic E-state index is 13.9. The van der Waals surface area contributed by atoms with Crippen LogP contribution in [-0.2, 0) is 9.59 Å². The van der Waals surface area contributed by atoms with Gasteiger partial charge in [0.25, 0.3) is 11.8 Å². The van der Waals surface area contributed by atoms with E-state index in [2.05, 4.69) is 41.7 Å². The molecule has 4 aromatic carbocycles. The molecule has 1 aliphatic rings. The van der Waals surface area contributed by atoms with Crippen molar-refractivity contribution < 1.29 is 9.59 Å². The number of carbonyl (C=O) groups excluding carboxylic acids is 2. The zero-order chi connectivity index (χ0) is 28.5. The van der Waals surface area contributed by atoms with Crippen molar-refractivity contribution in [2.24, 2.45) is 0 Å². The molecule has 0 atom stereocenters. The molecule has 200 valence electrons. The third kappa shape index (κ3) is 5.34. The fourth-order valence-electron chi connectivity index (χ4n) is 4.87. The Morgan fingerprint density at radius 1 is 0.683 bits per heavy atom. The highest BCUT2D eigenvalue weighted by molar-refractivity contribution is 9.10. The highest BCUT2D eigenvalue weighted by Gasteiger charge is 2.35. The largest absolute Gasteiger partial charge is 0.309 e. The summed E-state index contributed by atoms with van der Waals surface area (Å²) < 4.78 is 3.91. The van der Waals surface area contributed by atoms with Crippen molar-refractivity contribution in [3.63, 3.8) is 0 Å². The average molecular weight is 683 g/mol. The van der Waals surface area contributed by atoms with Gasteiger partial charge in [0.05, 0.1) is 17.1 Å². The van der Waals surface area contributed by atoms with Crippen LogP contribution in [-0.4, -0.2) is 21.5 Å². The number of halogens is 2. The summed E-state index contributed by atoms with van der Waals surface area (Å²) in [6.45, 7) is 0. The Labute approximate surface area is 259 Å². The molecule has 2 heterocycles. The molecule has 0 saturated carbocycles. The van der Waals surface area contributed by atoms with E-state index >= 15 is 0 Å². The summed E-state index contributed by atoms with van der Waals surface area (Å²) in [5.41, 5.74) is 5.90. The number of thiocarbonyl (C=S) groups is 1. The first-order valence-electron chi connectivity index (χ1n) is 12.7. The van der Waals surface area contributed by atoms with Crippen LogP contribution in [0.15, 0.2) is 130 Å². The highest BCUT2D eigenvalue weighted by atomic mass is 79.9. The Hall–Kier alpha value is -4.11. The number of hydrogen-bond donors (Lipinski definition) is 1. The average Bonchev–Trinajstić information content (AvgIpc) is 3.36. The lowest BCUT2D eigenvalue weighted by Crippen LogP contribution is -2.54. The molecule has 0 aliphatic carbocycles. The van der Waals surface area contributed by atoms with Gasteiger partial charge in [-0.1, -0.05) is 98.6 Å². The molecule has 1 aliphatic heterocycles. The van der Waals surface area contributed by atoms with Crippen LogP contribution >= 0.6 is 44.1 Å². The van der Waals surface area contributed by atoms with Crippen LogP contribution in [0.5, 0.6) is 0 Å². The maximum Gasteiger partial charge on any atom is 0.270 e. The van der Waals surface area contributed by atoms with Gasteiger partial charge in [0, 0.05) is 20.2 Å². The lowest BCUT2D eigenvalue weighted by molar-refractivity contribution is -0.122. The van der Waals surface area contributed by atoms with Gasteiger partial charge < -0.3 is 4.57 Å². The summed E-state index contributed by atoms with van der Waals surface area (Å²) in [5.74, 6) is -1.03. The fraction of sp³-hybridized carbons (Fsp3) is 0. The number of rotatable bonds is 5. The van der Waals surface area contributed by atoms with Crippen LogP contribution < -0.4 is 10.2 Å². The first kappa shape index (κ1) is 27.1. The molecule has 1 aromatic heterocycles. The Balaban J connectivity index is 1.60. The molecular formula is C33H21Br2N3O2S. The van der Waals surface area contributed by atoms with Crippen molar-refractivity contribution in [1.29, 1.82) is 0 Å². The number of hydrogen-bond acceptors (Lipinski definition) is 3. The molecule has 5 aromatic rings. The molecule has 2 amide bonds. The maximum atomic E-state index is 13.9. The van der Waals surface area contributed by atoms with E-state index < -0.39 is 11.8 Å². The van der Waals surface area contributed by atoms with E-state index in [9.17, 15) is 9.59 Å². The Morgan fingerprint density at radius 3 is 2.00 bits per heavy atom. The van der Waals surface area contributed by atoms with Gasteiger partial charge in [-0.05, 0) is 78.0 Å². The molecule has 1 N–H and O–H groups in total. The predicted octanol–water partition coefficient (Wildman–Crippen LogP) is 8.17. The van der Waals surface area contributed by atoms with Crippen molar-refractivity contribution in [3.05, 3.63) is 135 Å². The molecule has 0 spiro atoms. The second-order valence-corrected chi connectivity index (χ2v) is 11.5. The SMILES string of the molecule is O=C1NC(=S)N(c2cccc(Br)c2)C(=O)/C1=C\c1cc(-c2ccccc2)n(-c2ccc(Br)cc2)c1-c1ccccc1. The van der Waals surface area contributed by atoms with E-state index in [-0.39, 0.29) is 10.7 Å². The lowest BCUT2D eigenvalue weighted by atomic mass is 10.0. The first-order chi connectivity index (χ1) is 19.9. The number of nitrogens with zero attached hydrogens (tertiary/aromatic N) is 2. The molecule has 1 fully saturated rings. The van der Waals surface area contributed by atoms with Gasteiger partial charge >= 0.3 is 0 Å². The van der Waals surface area contributed by atoms with E-state index in [0.29, 0.717) is 5.69 Å². The molecule has 0 unspecified atom stereocenters. The second-order valence-electron chi connectivity index (χ2n) is 9.32. The molecule has 0 bridgehead atoms. The van der Waals surface area contributed by atoms with Crippen molar-refractivity contribution >= 4 is 72.8 Å².